The molecule has 3 aromatic carbocycles. The Morgan fingerprint density at radius 2 is 1.19 bits per heavy atom. The normalized spacial score (nSPS) is 23.8. The van der Waals surface area contributed by atoms with Crippen LogP contribution in [-0.4, -0.2) is 43.3 Å². The molecule has 0 bridgehead atoms. The molecule has 3 aromatic rings. The Balaban J connectivity index is 1.53. The van der Waals surface area contributed by atoms with E-state index in [4.69, 9.17) is 23.7 Å². The Bertz CT molecular complexity index is 1050. The molecule has 1 heterocycles. The van der Waals surface area contributed by atoms with Gasteiger partial charge in [-0.3, -0.25) is 4.79 Å². The lowest BCUT2D eigenvalue weighted by atomic mass is 9.98. The summed E-state index contributed by atoms with van der Waals surface area (Å²) in [5.74, 6) is -0.625. The van der Waals surface area contributed by atoms with Crippen molar-refractivity contribution < 1.29 is 32.9 Å². The van der Waals surface area contributed by atoms with E-state index in [0.29, 0.717) is 6.61 Å². The van der Waals surface area contributed by atoms with Gasteiger partial charge in [0.1, 0.15) is 18.3 Å². The summed E-state index contributed by atoms with van der Waals surface area (Å²) >= 11 is 0. The molecular weight excluding hydrogens is 463 g/mol. The van der Waals surface area contributed by atoms with Crippen molar-refractivity contribution in [3.05, 3.63) is 108 Å². The highest BCUT2D eigenvalue weighted by Crippen LogP contribution is 2.31. The molecule has 190 valence electrons. The maximum atomic E-state index is 15.2. The Morgan fingerprint density at radius 1 is 0.722 bits per heavy atom. The van der Waals surface area contributed by atoms with Gasteiger partial charge in [-0.1, -0.05) is 91.0 Å². The van der Waals surface area contributed by atoms with E-state index in [1.807, 2.05) is 91.0 Å². The first-order valence-electron chi connectivity index (χ1n) is 12.0. The Kier molecular flexibility index (Phi) is 9.58. The molecule has 0 spiro atoms. The van der Waals surface area contributed by atoms with Crippen LogP contribution < -0.4 is 0 Å². The average Bonchev–Trinajstić information content (AvgIpc) is 2.90. The Hall–Kier alpha value is -3.10. The van der Waals surface area contributed by atoms with Gasteiger partial charge < -0.3 is 23.7 Å². The lowest BCUT2D eigenvalue weighted by Gasteiger charge is -2.43. The van der Waals surface area contributed by atoms with E-state index >= 15 is 4.39 Å². The molecule has 1 unspecified atom stereocenters. The van der Waals surface area contributed by atoms with Gasteiger partial charge in [0, 0.05) is 6.92 Å². The highest BCUT2D eigenvalue weighted by atomic mass is 19.1. The minimum atomic E-state index is -1.89. The van der Waals surface area contributed by atoms with Gasteiger partial charge in [0.25, 0.3) is 0 Å². The molecule has 6 nitrogen and oxygen atoms in total. The van der Waals surface area contributed by atoms with Gasteiger partial charge >= 0.3 is 5.97 Å². The summed E-state index contributed by atoms with van der Waals surface area (Å²) in [6.07, 6.45) is -5.61. The van der Waals surface area contributed by atoms with Crippen LogP contribution in [0.25, 0.3) is 0 Å². The van der Waals surface area contributed by atoms with Gasteiger partial charge in [-0.25, -0.2) is 4.39 Å². The number of alkyl halides is 1. The lowest BCUT2D eigenvalue weighted by Crippen LogP contribution is -2.60. The smallest absolute Gasteiger partial charge is 0.303 e. The Morgan fingerprint density at radius 3 is 1.69 bits per heavy atom. The number of rotatable bonds is 11. The largest absolute Gasteiger partial charge is 0.454 e. The monoisotopic (exact) mass is 494 g/mol. The third-order valence-corrected chi connectivity index (χ3v) is 5.84. The maximum Gasteiger partial charge on any atom is 0.303 e. The second-order valence-corrected chi connectivity index (χ2v) is 8.62. The van der Waals surface area contributed by atoms with Crippen LogP contribution in [0.3, 0.4) is 0 Å². The van der Waals surface area contributed by atoms with Crippen LogP contribution >= 0.6 is 0 Å². The summed E-state index contributed by atoms with van der Waals surface area (Å²) in [5.41, 5.74) is 2.83. The molecule has 36 heavy (non-hydrogen) atoms. The van der Waals surface area contributed by atoms with Gasteiger partial charge in [-0.05, 0) is 16.7 Å². The van der Waals surface area contributed by atoms with Crippen molar-refractivity contribution in [2.45, 2.75) is 57.5 Å². The molecule has 0 aromatic heterocycles. The van der Waals surface area contributed by atoms with Gasteiger partial charge in [-0.15, -0.1) is 0 Å². The lowest BCUT2D eigenvalue weighted by molar-refractivity contribution is -0.291. The summed E-state index contributed by atoms with van der Waals surface area (Å²) in [4.78, 5) is 11.8. The molecule has 1 aliphatic rings. The third-order valence-electron chi connectivity index (χ3n) is 5.84. The molecule has 7 heteroatoms. The van der Waals surface area contributed by atoms with Crippen LogP contribution in [0, 0.1) is 0 Å². The quantitative estimate of drug-likeness (QED) is 0.350. The van der Waals surface area contributed by atoms with E-state index in [1.165, 1.54) is 6.92 Å². The first-order chi connectivity index (χ1) is 17.6. The summed E-state index contributed by atoms with van der Waals surface area (Å²) in [6.45, 7) is 2.09. The van der Waals surface area contributed by atoms with Crippen molar-refractivity contribution in [3.63, 3.8) is 0 Å². The zero-order valence-electron chi connectivity index (χ0n) is 20.2. The molecule has 0 radical (unpaired) electrons. The Labute approximate surface area is 210 Å². The van der Waals surface area contributed by atoms with E-state index in [2.05, 4.69) is 0 Å². The van der Waals surface area contributed by atoms with Gasteiger partial charge in [0.05, 0.1) is 26.4 Å². The fourth-order valence-electron chi connectivity index (χ4n) is 4.11. The van der Waals surface area contributed by atoms with Gasteiger partial charge in [-0.2, -0.15) is 0 Å². The third kappa shape index (κ3) is 7.45. The van der Waals surface area contributed by atoms with Crippen molar-refractivity contribution in [1.29, 1.82) is 0 Å². The number of halogens is 1. The van der Waals surface area contributed by atoms with Crippen molar-refractivity contribution in [1.82, 2.24) is 0 Å². The average molecular weight is 495 g/mol. The summed E-state index contributed by atoms with van der Waals surface area (Å²) < 4.78 is 44.5. The van der Waals surface area contributed by atoms with E-state index in [1.54, 1.807) is 0 Å². The maximum absolute atomic E-state index is 15.2. The van der Waals surface area contributed by atoms with Crippen LogP contribution in [0.15, 0.2) is 91.0 Å². The SMILES string of the molecule is CC(=O)O[C@H]1C(F)O[C@H](COCc2ccccc2)[C@@H](OCc2ccccc2)[C@@H]1OCc1ccccc1. The minimum Gasteiger partial charge on any atom is -0.454 e. The molecule has 0 saturated carbocycles. The zero-order chi connectivity index (χ0) is 25.2. The van der Waals surface area contributed by atoms with Crippen LogP contribution in [-0.2, 0) is 48.3 Å². The van der Waals surface area contributed by atoms with Crippen molar-refractivity contribution in [3.8, 4) is 0 Å². The predicted molar refractivity (Wildman–Crippen MR) is 131 cm³/mol. The number of hydrogen-bond donors (Lipinski definition) is 0. The number of carbonyl (C=O) groups excluding carboxylic acids is 1. The molecule has 0 aliphatic carbocycles. The van der Waals surface area contributed by atoms with Gasteiger partial charge in [0.2, 0.25) is 6.36 Å². The number of carbonyl (C=O) groups is 1. The number of benzene rings is 3. The summed E-state index contributed by atoms with van der Waals surface area (Å²) in [6, 6.07) is 28.8. The molecule has 1 aliphatic heterocycles. The van der Waals surface area contributed by atoms with Crippen LogP contribution in [0.5, 0.6) is 0 Å². The molecule has 4 rings (SSSR count). The first kappa shape index (κ1) is 26.0. The first-order valence-corrected chi connectivity index (χ1v) is 12.0. The van der Waals surface area contributed by atoms with E-state index in [-0.39, 0.29) is 19.8 Å². The highest BCUT2D eigenvalue weighted by molar-refractivity contribution is 5.66. The molecule has 0 N–H and O–H groups in total. The highest BCUT2D eigenvalue weighted by Gasteiger charge is 2.50. The molecule has 1 fully saturated rings. The fourth-order valence-corrected chi connectivity index (χ4v) is 4.11. The summed E-state index contributed by atoms with van der Waals surface area (Å²) in [5, 5.41) is 0. The molecule has 0 amide bonds. The minimum absolute atomic E-state index is 0.0761. The predicted octanol–water partition coefficient (Wildman–Crippen LogP) is 5.00. The number of ether oxygens (including phenoxy) is 5. The summed E-state index contributed by atoms with van der Waals surface area (Å²) in [7, 11) is 0. The number of esters is 1. The standard InChI is InChI=1S/C29H31FO6/c1-21(31)35-28-27(34-19-24-15-9-4-10-16-24)26(33-18-23-13-7-3-8-14-23)25(36-29(28)30)20-32-17-22-11-5-2-6-12-22/h2-16,25-29H,17-20H2,1H3/t25-,26-,27+,28-,29?/m1/s1. The van der Waals surface area contributed by atoms with Crippen LogP contribution in [0.1, 0.15) is 23.6 Å². The van der Waals surface area contributed by atoms with Crippen molar-refractivity contribution >= 4 is 5.97 Å². The van der Waals surface area contributed by atoms with Crippen molar-refractivity contribution in [2.24, 2.45) is 0 Å². The molecule has 5 atom stereocenters. The molecular formula is C29H31FO6. The van der Waals surface area contributed by atoms with Crippen LogP contribution in [0.4, 0.5) is 4.39 Å². The second kappa shape index (κ2) is 13.3. The zero-order valence-corrected chi connectivity index (χ0v) is 20.2. The topological polar surface area (TPSA) is 63.2 Å². The van der Waals surface area contributed by atoms with E-state index in [0.717, 1.165) is 16.7 Å². The fraction of sp³-hybridized carbons (Fsp3) is 0.345. The van der Waals surface area contributed by atoms with Crippen molar-refractivity contribution in [2.75, 3.05) is 6.61 Å². The second-order valence-electron chi connectivity index (χ2n) is 8.62. The van der Waals surface area contributed by atoms with Gasteiger partial charge in [0.15, 0.2) is 6.10 Å². The van der Waals surface area contributed by atoms with Crippen LogP contribution in [0.2, 0.25) is 0 Å². The van der Waals surface area contributed by atoms with E-state index < -0.39 is 36.7 Å². The molecule has 1 saturated heterocycles. The number of hydrogen-bond acceptors (Lipinski definition) is 6. The van der Waals surface area contributed by atoms with E-state index in [9.17, 15) is 4.79 Å².